The van der Waals surface area contributed by atoms with Crippen molar-refractivity contribution in [1.29, 1.82) is 0 Å². The minimum Gasteiger partial charge on any atom is -0.338 e. The summed E-state index contributed by atoms with van der Waals surface area (Å²) in [5, 5.41) is 6.47. The number of benzene rings is 1. The first kappa shape index (κ1) is 17.5. The number of rotatable bonds is 6. The van der Waals surface area contributed by atoms with Crippen molar-refractivity contribution < 1.29 is 4.79 Å². The van der Waals surface area contributed by atoms with E-state index in [1.165, 1.54) is 5.56 Å². The number of likely N-dealkylation sites (tertiary alicyclic amines) is 1. The van der Waals surface area contributed by atoms with E-state index in [1.54, 1.807) is 0 Å². The number of piperidine rings is 1. The fourth-order valence-corrected chi connectivity index (χ4v) is 3.22. The average molecular weight is 341 g/mol. The Morgan fingerprint density at radius 2 is 2.00 bits per heavy atom. The van der Waals surface area contributed by atoms with Crippen molar-refractivity contribution in [3.8, 4) is 0 Å². The molecule has 2 amide bonds. The van der Waals surface area contributed by atoms with E-state index in [0.29, 0.717) is 12.6 Å². The molecule has 2 aromatic rings. The molecule has 1 aliphatic heterocycles. The predicted molar refractivity (Wildman–Crippen MR) is 98.3 cm³/mol. The summed E-state index contributed by atoms with van der Waals surface area (Å²) in [5.41, 5.74) is 1.27. The molecular formula is C19H27N5O. The fourth-order valence-electron chi connectivity index (χ4n) is 3.22. The summed E-state index contributed by atoms with van der Waals surface area (Å²) in [4.78, 5) is 18.2. The summed E-state index contributed by atoms with van der Waals surface area (Å²) in [6.07, 6.45) is 5.85. The quantitative estimate of drug-likeness (QED) is 0.847. The van der Waals surface area contributed by atoms with Crippen LogP contribution in [0.25, 0.3) is 0 Å². The third kappa shape index (κ3) is 4.82. The van der Waals surface area contributed by atoms with Crippen LogP contribution in [0.15, 0.2) is 42.7 Å². The van der Waals surface area contributed by atoms with E-state index < -0.39 is 0 Å². The standard InChI is InChI=1S/C19H27N5O/c1-2-20-19(25)23-11-8-17(9-12-23)22-14-18-21-10-13-24(18)15-16-6-4-3-5-7-16/h3-7,10,13,17,22H,2,8-9,11-12,14-15H2,1H3,(H,20,25). The zero-order valence-corrected chi connectivity index (χ0v) is 14.8. The summed E-state index contributed by atoms with van der Waals surface area (Å²) in [7, 11) is 0. The van der Waals surface area contributed by atoms with Crippen LogP contribution in [0.1, 0.15) is 31.2 Å². The van der Waals surface area contributed by atoms with Crippen LogP contribution in [-0.4, -0.2) is 46.2 Å². The molecule has 1 saturated heterocycles. The Kier molecular flexibility index (Phi) is 6.06. The summed E-state index contributed by atoms with van der Waals surface area (Å²) >= 11 is 0. The van der Waals surface area contributed by atoms with E-state index >= 15 is 0 Å². The number of imidazole rings is 1. The largest absolute Gasteiger partial charge is 0.338 e. The number of carbonyl (C=O) groups excluding carboxylic acids is 1. The topological polar surface area (TPSA) is 62.2 Å². The van der Waals surface area contributed by atoms with Gasteiger partial charge in [-0.1, -0.05) is 30.3 Å². The van der Waals surface area contributed by atoms with Crippen LogP contribution in [0, 0.1) is 0 Å². The van der Waals surface area contributed by atoms with Crippen molar-refractivity contribution in [2.75, 3.05) is 19.6 Å². The number of amides is 2. The van der Waals surface area contributed by atoms with Crippen LogP contribution < -0.4 is 10.6 Å². The highest BCUT2D eigenvalue weighted by Crippen LogP contribution is 2.12. The zero-order chi connectivity index (χ0) is 17.5. The lowest BCUT2D eigenvalue weighted by Gasteiger charge is -2.32. The van der Waals surface area contributed by atoms with Crippen LogP contribution in [0.4, 0.5) is 4.79 Å². The molecular weight excluding hydrogens is 314 g/mol. The SMILES string of the molecule is CCNC(=O)N1CCC(NCc2nccn2Cc2ccccc2)CC1. The molecule has 0 saturated carbocycles. The van der Waals surface area contributed by atoms with Crippen molar-refractivity contribution >= 4 is 6.03 Å². The van der Waals surface area contributed by atoms with Gasteiger partial charge in [0.25, 0.3) is 0 Å². The highest BCUT2D eigenvalue weighted by atomic mass is 16.2. The Morgan fingerprint density at radius 1 is 1.24 bits per heavy atom. The molecule has 2 N–H and O–H groups in total. The summed E-state index contributed by atoms with van der Waals surface area (Å²) in [5.74, 6) is 1.05. The monoisotopic (exact) mass is 341 g/mol. The van der Waals surface area contributed by atoms with Crippen LogP contribution >= 0.6 is 0 Å². The summed E-state index contributed by atoms with van der Waals surface area (Å²) in [6, 6.07) is 10.9. The molecule has 1 aromatic carbocycles. The van der Waals surface area contributed by atoms with Gasteiger partial charge in [0.1, 0.15) is 5.82 Å². The Bertz CT molecular complexity index is 661. The van der Waals surface area contributed by atoms with E-state index in [4.69, 9.17) is 0 Å². The van der Waals surface area contributed by atoms with Crippen molar-refractivity contribution in [2.45, 2.75) is 38.9 Å². The summed E-state index contributed by atoms with van der Waals surface area (Å²) in [6.45, 7) is 5.84. The van der Waals surface area contributed by atoms with E-state index in [9.17, 15) is 4.79 Å². The van der Waals surface area contributed by atoms with Crippen molar-refractivity contribution in [3.63, 3.8) is 0 Å². The number of hydrogen-bond donors (Lipinski definition) is 2. The van der Waals surface area contributed by atoms with Gasteiger partial charge < -0.3 is 20.1 Å². The lowest BCUT2D eigenvalue weighted by atomic mass is 10.1. The molecule has 0 aliphatic carbocycles. The van der Waals surface area contributed by atoms with Gasteiger partial charge in [-0.05, 0) is 25.3 Å². The van der Waals surface area contributed by atoms with Gasteiger partial charge >= 0.3 is 6.03 Å². The number of aromatic nitrogens is 2. The maximum Gasteiger partial charge on any atom is 0.317 e. The first-order valence-electron chi connectivity index (χ1n) is 9.06. The molecule has 0 radical (unpaired) electrons. The molecule has 3 rings (SSSR count). The number of carbonyl (C=O) groups is 1. The molecule has 2 heterocycles. The van der Waals surface area contributed by atoms with Crippen LogP contribution in [-0.2, 0) is 13.1 Å². The van der Waals surface area contributed by atoms with Gasteiger partial charge in [0.2, 0.25) is 0 Å². The highest BCUT2D eigenvalue weighted by Gasteiger charge is 2.22. The van der Waals surface area contributed by atoms with Crippen LogP contribution in [0.3, 0.4) is 0 Å². The van der Waals surface area contributed by atoms with Gasteiger partial charge in [-0.3, -0.25) is 0 Å². The van der Waals surface area contributed by atoms with Gasteiger partial charge in [-0.2, -0.15) is 0 Å². The fraction of sp³-hybridized carbons (Fsp3) is 0.474. The molecule has 1 aromatic heterocycles. The molecule has 0 unspecified atom stereocenters. The maximum absolute atomic E-state index is 11.8. The predicted octanol–water partition coefficient (Wildman–Crippen LogP) is 2.21. The molecule has 0 atom stereocenters. The van der Waals surface area contributed by atoms with E-state index in [1.807, 2.05) is 30.3 Å². The van der Waals surface area contributed by atoms with Crippen LogP contribution in [0.2, 0.25) is 0 Å². The third-order valence-corrected chi connectivity index (χ3v) is 4.66. The van der Waals surface area contributed by atoms with Gasteiger partial charge in [0, 0.05) is 44.6 Å². The molecule has 134 valence electrons. The smallest absolute Gasteiger partial charge is 0.317 e. The second-order valence-electron chi connectivity index (χ2n) is 6.43. The second kappa shape index (κ2) is 8.67. The minimum absolute atomic E-state index is 0.0550. The maximum atomic E-state index is 11.8. The van der Waals surface area contributed by atoms with Crippen molar-refractivity contribution in [3.05, 3.63) is 54.1 Å². The lowest BCUT2D eigenvalue weighted by molar-refractivity contribution is 0.176. The highest BCUT2D eigenvalue weighted by molar-refractivity contribution is 5.74. The molecule has 25 heavy (non-hydrogen) atoms. The minimum atomic E-state index is 0.0550. The average Bonchev–Trinajstić information content (AvgIpc) is 3.08. The molecule has 0 spiro atoms. The Labute approximate surface area is 149 Å². The van der Waals surface area contributed by atoms with Gasteiger partial charge in [-0.25, -0.2) is 9.78 Å². The Balaban J connectivity index is 1.47. The summed E-state index contributed by atoms with van der Waals surface area (Å²) < 4.78 is 2.19. The van der Waals surface area contributed by atoms with Gasteiger partial charge in [-0.15, -0.1) is 0 Å². The zero-order valence-electron chi connectivity index (χ0n) is 14.8. The third-order valence-electron chi connectivity index (χ3n) is 4.66. The van der Waals surface area contributed by atoms with Crippen molar-refractivity contribution in [1.82, 2.24) is 25.1 Å². The first-order chi connectivity index (χ1) is 12.3. The Morgan fingerprint density at radius 3 is 2.72 bits per heavy atom. The normalized spacial score (nSPS) is 15.3. The number of nitrogens with zero attached hydrogens (tertiary/aromatic N) is 3. The molecule has 6 nitrogen and oxygen atoms in total. The second-order valence-corrected chi connectivity index (χ2v) is 6.43. The van der Waals surface area contributed by atoms with Crippen molar-refractivity contribution in [2.24, 2.45) is 0 Å². The lowest BCUT2D eigenvalue weighted by Crippen LogP contribution is -2.48. The molecule has 1 aliphatic rings. The molecule has 0 bridgehead atoms. The van der Waals surface area contributed by atoms with E-state index in [-0.39, 0.29) is 6.03 Å². The van der Waals surface area contributed by atoms with Gasteiger partial charge in [0.05, 0.1) is 6.54 Å². The Hall–Kier alpha value is -2.34. The first-order valence-corrected chi connectivity index (χ1v) is 9.06. The molecule has 1 fully saturated rings. The number of hydrogen-bond acceptors (Lipinski definition) is 3. The van der Waals surface area contributed by atoms with Crippen LogP contribution in [0.5, 0.6) is 0 Å². The molecule has 6 heteroatoms. The van der Waals surface area contributed by atoms with E-state index in [2.05, 4.69) is 44.5 Å². The number of urea groups is 1. The van der Waals surface area contributed by atoms with E-state index in [0.717, 1.165) is 44.8 Å². The number of nitrogens with one attached hydrogen (secondary N) is 2. The van der Waals surface area contributed by atoms with Gasteiger partial charge in [0.15, 0.2) is 0 Å².